The van der Waals surface area contributed by atoms with E-state index in [4.69, 9.17) is 0 Å². The fourth-order valence-electron chi connectivity index (χ4n) is 2.57. The van der Waals surface area contributed by atoms with E-state index in [2.05, 4.69) is 46.5 Å². The topological polar surface area (TPSA) is 58.1 Å². The highest BCUT2D eigenvalue weighted by atomic mass is 16.2. The van der Waals surface area contributed by atoms with Gasteiger partial charge in [0.1, 0.15) is 5.69 Å². The maximum Gasteiger partial charge on any atom is 0.272 e. The van der Waals surface area contributed by atoms with Gasteiger partial charge in [-0.05, 0) is 24.1 Å². The molecule has 26 heavy (non-hydrogen) atoms. The third kappa shape index (κ3) is 4.66. The molecule has 1 amide bonds. The summed E-state index contributed by atoms with van der Waals surface area (Å²) in [5.41, 5.74) is 3.82. The van der Waals surface area contributed by atoms with Crippen LogP contribution in [0.25, 0.3) is 0 Å². The Morgan fingerprint density at radius 1 is 1.00 bits per heavy atom. The van der Waals surface area contributed by atoms with Gasteiger partial charge < -0.3 is 10.2 Å². The highest BCUT2D eigenvalue weighted by molar-refractivity contribution is 5.92. The first-order chi connectivity index (χ1) is 12.6. The maximum atomic E-state index is 12.6. The first kappa shape index (κ1) is 17.6. The zero-order valence-electron chi connectivity index (χ0n) is 15.0. The third-order valence-corrected chi connectivity index (χ3v) is 4.06. The van der Waals surface area contributed by atoms with Crippen molar-refractivity contribution in [3.63, 3.8) is 0 Å². The van der Waals surface area contributed by atoms with Gasteiger partial charge in [-0.3, -0.25) is 4.79 Å². The second-order valence-corrected chi connectivity index (χ2v) is 6.25. The minimum Gasteiger partial charge on any atom is -0.350 e. The molecule has 0 atom stereocenters. The predicted octanol–water partition coefficient (Wildman–Crippen LogP) is 3.67. The lowest BCUT2D eigenvalue weighted by atomic mass is 10.1. The van der Waals surface area contributed by atoms with Crippen molar-refractivity contribution < 1.29 is 4.79 Å². The number of amides is 1. The Hall–Kier alpha value is -3.21. The van der Waals surface area contributed by atoms with Crippen LogP contribution in [0.3, 0.4) is 0 Å². The predicted molar refractivity (Wildman–Crippen MR) is 103 cm³/mol. The smallest absolute Gasteiger partial charge is 0.272 e. The average molecular weight is 346 g/mol. The number of nitrogens with one attached hydrogen (secondary N) is 1. The number of anilines is 1. The summed E-state index contributed by atoms with van der Waals surface area (Å²) in [7, 11) is 1.77. The van der Waals surface area contributed by atoms with Crippen molar-refractivity contribution >= 4 is 11.9 Å². The zero-order chi connectivity index (χ0) is 18.4. The lowest BCUT2D eigenvalue weighted by Gasteiger charge is -2.17. The van der Waals surface area contributed by atoms with E-state index in [1.54, 1.807) is 24.2 Å². The molecule has 5 nitrogen and oxygen atoms in total. The first-order valence-corrected chi connectivity index (χ1v) is 8.53. The summed E-state index contributed by atoms with van der Waals surface area (Å²) in [4.78, 5) is 22.8. The molecular weight excluding hydrogens is 324 g/mol. The summed E-state index contributed by atoms with van der Waals surface area (Å²) >= 11 is 0. The van der Waals surface area contributed by atoms with Crippen LogP contribution in [0.1, 0.15) is 27.2 Å². The van der Waals surface area contributed by atoms with Crippen LogP contribution >= 0.6 is 0 Å². The highest BCUT2D eigenvalue weighted by Gasteiger charge is 2.14. The lowest BCUT2D eigenvalue weighted by Crippen LogP contribution is -2.27. The molecule has 0 radical (unpaired) electrons. The van der Waals surface area contributed by atoms with Gasteiger partial charge >= 0.3 is 0 Å². The first-order valence-electron chi connectivity index (χ1n) is 8.53. The van der Waals surface area contributed by atoms with Gasteiger partial charge in [0.05, 0.1) is 0 Å². The molecule has 0 saturated heterocycles. The van der Waals surface area contributed by atoms with Crippen LogP contribution in [-0.4, -0.2) is 27.8 Å². The third-order valence-electron chi connectivity index (χ3n) is 4.06. The summed E-state index contributed by atoms with van der Waals surface area (Å²) in [6.07, 6.45) is 1.61. The van der Waals surface area contributed by atoms with E-state index in [0.717, 1.165) is 11.1 Å². The fourth-order valence-corrected chi connectivity index (χ4v) is 2.57. The molecule has 0 saturated carbocycles. The number of hydrogen-bond acceptors (Lipinski definition) is 4. The van der Waals surface area contributed by atoms with Crippen molar-refractivity contribution in [2.24, 2.45) is 0 Å². The van der Waals surface area contributed by atoms with Gasteiger partial charge in [0.15, 0.2) is 0 Å². The van der Waals surface area contributed by atoms with E-state index in [1.807, 2.05) is 30.3 Å². The van der Waals surface area contributed by atoms with Crippen molar-refractivity contribution in [3.8, 4) is 0 Å². The van der Waals surface area contributed by atoms with E-state index in [1.165, 1.54) is 5.56 Å². The second kappa shape index (κ2) is 8.25. The van der Waals surface area contributed by atoms with E-state index in [0.29, 0.717) is 24.7 Å². The Bertz CT molecular complexity index is 863. The number of nitrogens with zero attached hydrogens (tertiary/aromatic N) is 3. The van der Waals surface area contributed by atoms with Gasteiger partial charge in [0, 0.05) is 26.3 Å². The average Bonchev–Trinajstić information content (AvgIpc) is 2.68. The van der Waals surface area contributed by atoms with Crippen molar-refractivity contribution in [2.75, 3.05) is 12.4 Å². The molecular formula is C21H22N4O. The van der Waals surface area contributed by atoms with Crippen LogP contribution in [0.5, 0.6) is 0 Å². The molecule has 132 valence electrons. The molecule has 0 aliphatic carbocycles. The van der Waals surface area contributed by atoms with Crippen LogP contribution in [0.15, 0.2) is 66.9 Å². The molecule has 3 aromatic rings. The summed E-state index contributed by atoms with van der Waals surface area (Å²) in [5.74, 6) is 0.319. The molecule has 3 rings (SSSR count). The molecule has 5 heteroatoms. The largest absolute Gasteiger partial charge is 0.350 e. The Morgan fingerprint density at radius 3 is 2.46 bits per heavy atom. The van der Waals surface area contributed by atoms with Crippen LogP contribution in [0.4, 0.5) is 5.95 Å². The lowest BCUT2D eigenvalue weighted by molar-refractivity contribution is 0.0779. The molecule has 1 heterocycles. The van der Waals surface area contributed by atoms with Crippen LogP contribution < -0.4 is 5.32 Å². The summed E-state index contributed by atoms with van der Waals surface area (Å²) in [6, 6.07) is 19.8. The molecule has 2 aromatic carbocycles. The number of rotatable bonds is 6. The van der Waals surface area contributed by atoms with Crippen molar-refractivity contribution in [1.82, 2.24) is 14.9 Å². The fraction of sp³-hybridized carbons (Fsp3) is 0.190. The van der Waals surface area contributed by atoms with Gasteiger partial charge in [-0.2, -0.15) is 0 Å². The minimum absolute atomic E-state index is 0.130. The van der Waals surface area contributed by atoms with Crippen LogP contribution in [0.2, 0.25) is 0 Å². The molecule has 1 N–H and O–H groups in total. The van der Waals surface area contributed by atoms with E-state index in [-0.39, 0.29) is 5.91 Å². The zero-order valence-corrected chi connectivity index (χ0v) is 15.0. The SMILES string of the molecule is Cc1ccc(CNc2nccc(C(=O)N(C)Cc3ccccc3)n2)cc1. The van der Waals surface area contributed by atoms with Crippen molar-refractivity contribution in [3.05, 3.63) is 89.2 Å². The molecule has 0 unspecified atom stereocenters. The van der Waals surface area contributed by atoms with Gasteiger partial charge in [-0.15, -0.1) is 0 Å². The highest BCUT2D eigenvalue weighted by Crippen LogP contribution is 2.10. The Kier molecular flexibility index (Phi) is 5.59. The normalized spacial score (nSPS) is 10.4. The molecule has 0 aliphatic heterocycles. The number of aryl methyl sites for hydroxylation is 1. The summed E-state index contributed by atoms with van der Waals surface area (Å²) < 4.78 is 0. The van der Waals surface area contributed by atoms with Gasteiger partial charge in [-0.1, -0.05) is 60.2 Å². The number of aromatic nitrogens is 2. The molecule has 1 aromatic heterocycles. The Morgan fingerprint density at radius 2 is 1.73 bits per heavy atom. The van der Waals surface area contributed by atoms with E-state index in [9.17, 15) is 4.79 Å². The standard InChI is InChI=1S/C21H22N4O/c1-16-8-10-17(11-9-16)14-23-21-22-13-12-19(24-21)20(26)25(2)15-18-6-4-3-5-7-18/h3-13H,14-15H2,1-2H3,(H,22,23,24). The molecule has 0 aliphatic rings. The monoisotopic (exact) mass is 346 g/mol. The number of benzene rings is 2. The number of carbonyl (C=O) groups excluding carboxylic acids is 1. The Balaban J connectivity index is 1.64. The molecule has 0 fully saturated rings. The maximum absolute atomic E-state index is 12.6. The van der Waals surface area contributed by atoms with Gasteiger partial charge in [0.2, 0.25) is 5.95 Å². The molecule has 0 spiro atoms. The van der Waals surface area contributed by atoms with Crippen LogP contribution in [0, 0.1) is 6.92 Å². The quantitative estimate of drug-likeness (QED) is 0.740. The van der Waals surface area contributed by atoms with Crippen molar-refractivity contribution in [1.29, 1.82) is 0 Å². The number of hydrogen-bond donors (Lipinski definition) is 1. The van der Waals surface area contributed by atoms with E-state index < -0.39 is 0 Å². The van der Waals surface area contributed by atoms with Crippen LogP contribution in [-0.2, 0) is 13.1 Å². The summed E-state index contributed by atoms with van der Waals surface area (Å²) in [5, 5.41) is 3.17. The second-order valence-electron chi connectivity index (χ2n) is 6.25. The Labute approximate surface area is 153 Å². The van der Waals surface area contributed by atoms with Gasteiger partial charge in [-0.25, -0.2) is 9.97 Å². The minimum atomic E-state index is -0.130. The number of carbonyl (C=O) groups is 1. The van der Waals surface area contributed by atoms with Crippen molar-refractivity contribution in [2.45, 2.75) is 20.0 Å². The van der Waals surface area contributed by atoms with E-state index >= 15 is 0 Å². The van der Waals surface area contributed by atoms with Gasteiger partial charge in [0.25, 0.3) is 5.91 Å². The summed E-state index contributed by atoms with van der Waals surface area (Å²) in [6.45, 7) is 3.20. The molecule has 0 bridgehead atoms.